The summed E-state index contributed by atoms with van der Waals surface area (Å²) in [5, 5.41) is 6.68. The van der Waals surface area contributed by atoms with Gasteiger partial charge in [-0.25, -0.2) is 0 Å². The third kappa shape index (κ3) is 3.11. The van der Waals surface area contributed by atoms with Crippen LogP contribution < -0.4 is 10.6 Å². The summed E-state index contributed by atoms with van der Waals surface area (Å²) in [4.78, 5) is 15.0. The maximum absolute atomic E-state index is 12.4. The minimum absolute atomic E-state index is 0.220. The first-order valence-electron chi connectivity index (χ1n) is 7.97. The van der Waals surface area contributed by atoms with Crippen molar-refractivity contribution in [1.29, 1.82) is 0 Å². The highest BCUT2D eigenvalue weighted by Crippen LogP contribution is 2.29. The fourth-order valence-corrected chi connectivity index (χ4v) is 3.44. The van der Waals surface area contributed by atoms with E-state index in [1.165, 1.54) is 32.4 Å². The van der Waals surface area contributed by atoms with Crippen LogP contribution in [0.2, 0.25) is 0 Å². The molecule has 1 saturated carbocycles. The van der Waals surface area contributed by atoms with Gasteiger partial charge in [0.05, 0.1) is 5.54 Å². The Morgan fingerprint density at radius 1 is 1.21 bits per heavy atom. The van der Waals surface area contributed by atoms with Crippen LogP contribution in [0.1, 0.15) is 51.9 Å². The van der Waals surface area contributed by atoms with Crippen molar-refractivity contribution in [1.82, 2.24) is 15.5 Å². The molecule has 3 rings (SSSR count). The van der Waals surface area contributed by atoms with Gasteiger partial charge in [0.2, 0.25) is 5.91 Å². The molecule has 2 saturated heterocycles. The number of rotatable bonds is 3. The molecule has 3 aliphatic rings. The van der Waals surface area contributed by atoms with E-state index < -0.39 is 0 Å². The molecule has 1 amide bonds. The molecule has 2 heterocycles. The molecule has 3 fully saturated rings. The van der Waals surface area contributed by atoms with Gasteiger partial charge in [0.15, 0.2) is 0 Å². The lowest BCUT2D eigenvalue weighted by Gasteiger charge is -2.37. The summed E-state index contributed by atoms with van der Waals surface area (Å²) in [6, 6.07) is 1.26. The summed E-state index contributed by atoms with van der Waals surface area (Å²) in [6.07, 6.45) is 8.36. The van der Waals surface area contributed by atoms with Crippen molar-refractivity contribution in [3.63, 3.8) is 0 Å². The Morgan fingerprint density at radius 3 is 2.53 bits per heavy atom. The lowest BCUT2D eigenvalue weighted by molar-refractivity contribution is -0.129. The monoisotopic (exact) mass is 265 g/mol. The van der Waals surface area contributed by atoms with E-state index in [4.69, 9.17) is 0 Å². The van der Waals surface area contributed by atoms with E-state index in [-0.39, 0.29) is 11.4 Å². The topological polar surface area (TPSA) is 44.4 Å². The number of hydrogen-bond acceptors (Lipinski definition) is 3. The molecule has 0 bridgehead atoms. The quantitative estimate of drug-likeness (QED) is 0.807. The zero-order valence-corrected chi connectivity index (χ0v) is 12.1. The molecule has 0 spiro atoms. The number of amides is 1. The van der Waals surface area contributed by atoms with E-state index in [2.05, 4.69) is 22.5 Å². The molecule has 19 heavy (non-hydrogen) atoms. The minimum atomic E-state index is -0.328. The molecule has 1 aliphatic carbocycles. The van der Waals surface area contributed by atoms with Gasteiger partial charge in [-0.15, -0.1) is 0 Å². The molecule has 0 aromatic rings. The Balaban J connectivity index is 1.47. The summed E-state index contributed by atoms with van der Waals surface area (Å²) in [6.45, 7) is 5.37. The molecule has 108 valence electrons. The van der Waals surface area contributed by atoms with Crippen molar-refractivity contribution in [3.8, 4) is 0 Å². The Labute approximate surface area is 116 Å². The van der Waals surface area contributed by atoms with Gasteiger partial charge < -0.3 is 15.5 Å². The normalized spacial score (nSPS) is 34.2. The number of carbonyl (C=O) groups is 1. The van der Waals surface area contributed by atoms with E-state index in [1.807, 2.05) is 0 Å². The number of carbonyl (C=O) groups excluding carboxylic acids is 1. The second-order valence-electron chi connectivity index (χ2n) is 6.73. The van der Waals surface area contributed by atoms with Crippen molar-refractivity contribution in [3.05, 3.63) is 0 Å². The largest absolute Gasteiger partial charge is 0.352 e. The van der Waals surface area contributed by atoms with Crippen molar-refractivity contribution in [2.75, 3.05) is 19.6 Å². The van der Waals surface area contributed by atoms with Gasteiger partial charge in [0.1, 0.15) is 0 Å². The molecule has 0 aromatic carbocycles. The molecule has 2 aliphatic heterocycles. The van der Waals surface area contributed by atoms with Gasteiger partial charge in [-0.05, 0) is 58.4 Å². The number of hydrogen-bond donors (Lipinski definition) is 2. The van der Waals surface area contributed by atoms with Crippen LogP contribution in [-0.2, 0) is 4.79 Å². The first-order valence-corrected chi connectivity index (χ1v) is 7.97. The molecular formula is C15H27N3O. The Hall–Kier alpha value is -0.610. The summed E-state index contributed by atoms with van der Waals surface area (Å²) >= 11 is 0. The van der Waals surface area contributed by atoms with E-state index >= 15 is 0 Å². The van der Waals surface area contributed by atoms with Gasteiger partial charge in [-0.2, -0.15) is 0 Å². The van der Waals surface area contributed by atoms with Crippen LogP contribution in [0.5, 0.6) is 0 Å². The lowest BCUT2D eigenvalue weighted by atomic mass is 9.89. The molecular weight excluding hydrogens is 238 g/mol. The Kier molecular flexibility index (Phi) is 3.81. The average molecular weight is 265 g/mol. The van der Waals surface area contributed by atoms with Crippen LogP contribution in [0.25, 0.3) is 0 Å². The number of piperidine rings is 2. The highest BCUT2D eigenvalue weighted by Gasteiger charge is 2.37. The molecule has 1 atom stereocenters. The highest BCUT2D eigenvalue weighted by atomic mass is 16.2. The van der Waals surface area contributed by atoms with Gasteiger partial charge >= 0.3 is 0 Å². The second-order valence-corrected chi connectivity index (χ2v) is 6.73. The summed E-state index contributed by atoms with van der Waals surface area (Å²) in [5.41, 5.74) is -0.328. The molecule has 0 radical (unpaired) electrons. The summed E-state index contributed by atoms with van der Waals surface area (Å²) in [5.74, 6) is 0.220. The number of nitrogens with zero attached hydrogens (tertiary/aromatic N) is 1. The molecule has 2 N–H and O–H groups in total. The predicted octanol–water partition coefficient (Wildman–Crippen LogP) is 1.26. The van der Waals surface area contributed by atoms with Crippen LogP contribution >= 0.6 is 0 Å². The van der Waals surface area contributed by atoms with Crippen molar-refractivity contribution >= 4 is 5.91 Å². The summed E-state index contributed by atoms with van der Waals surface area (Å²) < 4.78 is 0. The molecule has 1 unspecified atom stereocenters. The maximum atomic E-state index is 12.4. The second kappa shape index (κ2) is 5.41. The van der Waals surface area contributed by atoms with Crippen LogP contribution in [0.4, 0.5) is 0 Å². The van der Waals surface area contributed by atoms with Crippen LogP contribution in [0.3, 0.4) is 0 Å². The van der Waals surface area contributed by atoms with E-state index in [9.17, 15) is 4.79 Å². The Bertz CT molecular complexity index is 326. The van der Waals surface area contributed by atoms with Gasteiger partial charge in [0, 0.05) is 25.2 Å². The molecule has 4 nitrogen and oxygen atoms in total. The minimum Gasteiger partial charge on any atom is -0.352 e. The first-order chi connectivity index (χ1) is 9.17. The van der Waals surface area contributed by atoms with Gasteiger partial charge in [-0.1, -0.05) is 0 Å². The molecule has 4 heteroatoms. The fourth-order valence-electron chi connectivity index (χ4n) is 3.44. The van der Waals surface area contributed by atoms with E-state index in [0.717, 1.165) is 38.3 Å². The fraction of sp³-hybridized carbons (Fsp3) is 0.933. The smallest absolute Gasteiger partial charge is 0.240 e. The van der Waals surface area contributed by atoms with Crippen molar-refractivity contribution in [2.24, 2.45) is 0 Å². The number of likely N-dealkylation sites (tertiary alicyclic amines) is 1. The Morgan fingerprint density at radius 2 is 1.95 bits per heavy atom. The van der Waals surface area contributed by atoms with Crippen LogP contribution in [-0.4, -0.2) is 48.1 Å². The van der Waals surface area contributed by atoms with Crippen LogP contribution in [0.15, 0.2) is 0 Å². The highest BCUT2D eigenvalue weighted by molar-refractivity contribution is 5.86. The van der Waals surface area contributed by atoms with Crippen molar-refractivity contribution < 1.29 is 4.79 Å². The van der Waals surface area contributed by atoms with E-state index in [0.29, 0.717) is 6.04 Å². The van der Waals surface area contributed by atoms with Gasteiger partial charge in [-0.3, -0.25) is 4.79 Å². The van der Waals surface area contributed by atoms with Crippen LogP contribution in [0, 0.1) is 0 Å². The summed E-state index contributed by atoms with van der Waals surface area (Å²) in [7, 11) is 0. The van der Waals surface area contributed by atoms with Gasteiger partial charge in [0.25, 0.3) is 0 Å². The maximum Gasteiger partial charge on any atom is 0.240 e. The predicted molar refractivity (Wildman–Crippen MR) is 76.0 cm³/mol. The molecule has 0 aromatic heterocycles. The zero-order valence-electron chi connectivity index (χ0n) is 12.1. The number of nitrogens with one attached hydrogen (secondary N) is 2. The third-order valence-corrected chi connectivity index (χ3v) is 5.05. The van der Waals surface area contributed by atoms with Crippen molar-refractivity contribution in [2.45, 2.75) is 69.5 Å². The first kappa shape index (κ1) is 13.4. The lowest BCUT2D eigenvalue weighted by Crippen LogP contribution is -2.59. The SMILES string of the molecule is CC1(C(=O)NC2CCN(C3CC3)CC2)CCCCN1. The third-order valence-electron chi connectivity index (χ3n) is 5.05. The average Bonchev–Trinajstić information content (AvgIpc) is 3.25. The van der Waals surface area contributed by atoms with E-state index in [1.54, 1.807) is 0 Å². The zero-order chi connectivity index (χ0) is 13.3. The standard InChI is InChI=1S/C15H27N3O/c1-15(8-2-3-9-16-15)14(19)17-12-6-10-18(11-7-12)13-4-5-13/h12-13,16H,2-11H2,1H3,(H,17,19).